The smallest absolute Gasteiger partial charge is 0.227 e. The fourth-order valence-corrected chi connectivity index (χ4v) is 2.26. The number of likely N-dealkylation sites (N-methyl/N-ethyl adjacent to an activating group) is 1. The highest BCUT2D eigenvalue weighted by Gasteiger charge is 2.18. The van der Waals surface area contributed by atoms with Gasteiger partial charge in [-0.15, -0.1) is 0 Å². The van der Waals surface area contributed by atoms with Gasteiger partial charge in [0.15, 0.2) is 0 Å². The van der Waals surface area contributed by atoms with E-state index in [0.29, 0.717) is 24.6 Å². The third-order valence-corrected chi connectivity index (χ3v) is 3.43. The molecule has 2 N–H and O–H groups in total. The van der Waals surface area contributed by atoms with Crippen LogP contribution in [0.2, 0.25) is 0 Å². The molecule has 0 bridgehead atoms. The first-order valence-corrected chi connectivity index (χ1v) is 7.07. The van der Waals surface area contributed by atoms with Crippen LogP contribution in [0, 0.1) is 0 Å². The van der Waals surface area contributed by atoms with Crippen LogP contribution in [-0.4, -0.2) is 42.1 Å². The van der Waals surface area contributed by atoms with E-state index in [2.05, 4.69) is 0 Å². The lowest BCUT2D eigenvalue weighted by atomic mass is 10.1. The third-order valence-electron chi connectivity index (χ3n) is 3.19. The van der Waals surface area contributed by atoms with Crippen molar-refractivity contribution in [1.29, 1.82) is 0 Å². The van der Waals surface area contributed by atoms with Crippen molar-refractivity contribution < 1.29 is 9.53 Å². The molecule has 1 atom stereocenters. The summed E-state index contributed by atoms with van der Waals surface area (Å²) in [5, 5.41) is 0. The minimum Gasteiger partial charge on any atom is -0.389 e. The van der Waals surface area contributed by atoms with Gasteiger partial charge in [0.05, 0.1) is 19.1 Å². The quantitative estimate of drug-likeness (QED) is 0.778. The first-order chi connectivity index (χ1) is 9.49. The van der Waals surface area contributed by atoms with Crippen LogP contribution in [0.25, 0.3) is 0 Å². The lowest BCUT2D eigenvalue weighted by Crippen LogP contribution is -2.41. The predicted octanol–water partition coefficient (Wildman–Crippen LogP) is 1.75. The van der Waals surface area contributed by atoms with Gasteiger partial charge in [-0.05, 0) is 19.4 Å². The van der Waals surface area contributed by atoms with Gasteiger partial charge in [-0.2, -0.15) is 0 Å². The molecule has 0 radical (unpaired) electrons. The van der Waals surface area contributed by atoms with Gasteiger partial charge < -0.3 is 15.4 Å². The Hall–Kier alpha value is -1.46. The first kappa shape index (κ1) is 16.6. The summed E-state index contributed by atoms with van der Waals surface area (Å²) in [7, 11) is 1.64. The van der Waals surface area contributed by atoms with Gasteiger partial charge in [0.2, 0.25) is 5.91 Å². The van der Waals surface area contributed by atoms with Crippen molar-refractivity contribution in [2.24, 2.45) is 5.73 Å². The fraction of sp³-hybridized carbons (Fsp3) is 0.467. The van der Waals surface area contributed by atoms with Gasteiger partial charge in [0.1, 0.15) is 4.99 Å². The van der Waals surface area contributed by atoms with Gasteiger partial charge in [-0.3, -0.25) is 4.79 Å². The molecule has 0 aliphatic rings. The maximum absolute atomic E-state index is 12.3. The number of nitrogens with zero attached hydrogens (tertiary/aromatic N) is 1. The van der Waals surface area contributed by atoms with Crippen molar-refractivity contribution in [3.05, 3.63) is 35.4 Å². The minimum atomic E-state index is 0.0772. The lowest BCUT2D eigenvalue weighted by Gasteiger charge is -2.27. The lowest BCUT2D eigenvalue weighted by molar-refractivity contribution is -0.133. The molecule has 0 saturated heterocycles. The molecule has 20 heavy (non-hydrogen) atoms. The number of methoxy groups -OCH3 is 1. The van der Waals surface area contributed by atoms with E-state index in [1.807, 2.05) is 43.0 Å². The van der Waals surface area contributed by atoms with E-state index in [1.54, 1.807) is 7.11 Å². The van der Waals surface area contributed by atoms with Gasteiger partial charge in [-0.1, -0.05) is 36.5 Å². The zero-order valence-electron chi connectivity index (χ0n) is 12.3. The number of carbonyl (C=O) groups excluding carboxylic acids is 1. The second-order valence-corrected chi connectivity index (χ2v) is 5.16. The van der Waals surface area contributed by atoms with Crippen LogP contribution in [0.15, 0.2) is 24.3 Å². The molecular weight excluding hydrogens is 272 g/mol. The Labute approximate surface area is 125 Å². The number of hydrogen-bond donors (Lipinski definition) is 1. The second-order valence-electron chi connectivity index (χ2n) is 4.72. The zero-order chi connectivity index (χ0) is 15.1. The maximum Gasteiger partial charge on any atom is 0.227 e. The molecule has 0 aliphatic heterocycles. The number of ether oxygens (including phenoxy) is 1. The van der Waals surface area contributed by atoms with Crippen molar-refractivity contribution in [2.75, 3.05) is 20.3 Å². The zero-order valence-corrected chi connectivity index (χ0v) is 13.1. The molecule has 1 amide bonds. The molecule has 4 nitrogen and oxygen atoms in total. The molecule has 0 spiro atoms. The standard InChI is InChI=1S/C15H22N2O2S/c1-4-17(11(2)10-19-3)14(18)9-12-5-7-13(8-6-12)15(16)20/h5-8,11H,4,9-10H2,1-3H3,(H2,16,20). The minimum absolute atomic E-state index is 0.0772. The molecule has 110 valence electrons. The van der Waals surface area contributed by atoms with Gasteiger partial charge >= 0.3 is 0 Å². The summed E-state index contributed by atoms with van der Waals surface area (Å²) >= 11 is 4.91. The van der Waals surface area contributed by atoms with Crippen LogP contribution in [0.5, 0.6) is 0 Å². The van der Waals surface area contributed by atoms with E-state index >= 15 is 0 Å². The molecule has 0 aromatic heterocycles. The highest BCUT2D eigenvalue weighted by molar-refractivity contribution is 7.80. The number of hydrogen-bond acceptors (Lipinski definition) is 3. The van der Waals surface area contributed by atoms with Crippen molar-refractivity contribution in [2.45, 2.75) is 26.3 Å². The van der Waals surface area contributed by atoms with E-state index in [0.717, 1.165) is 11.1 Å². The Morgan fingerprint density at radius 2 is 2.00 bits per heavy atom. The highest BCUT2D eigenvalue weighted by atomic mass is 32.1. The Kier molecular flexibility index (Phi) is 6.61. The van der Waals surface area contributed by atoms with Crippen LogP contribution < -0.4 is 5.73 Å². The van der Waals surface area contributed by atoms with Crippen LogP contribution in [0.1, 0.15) is 25.0 Å². The summed E-state index contributed by atoms with van der Waals surface area (Å²) < 4.78 is 5.11. The Bertz CT molecular complexity index is 459. The third kappa shape index (κ3) is 4.58. The molecule has 0 aliphatic carbocycles. The molecule has 0 heterocycles. The van der Waals surface area contributed by atoms with Crippen molar-refractivity contribution in [3.8, 4) is 0 Å². The number of nitrogens with two attached hydrogens (primary N) is 1. The van der Waals surface area contributed by atoms with Gasteiger partial charge in [0, 0.05) is 19.2 Å². The Morgan fingerprint density at radius 1 is 1.40 bits per heavy atom. The molecule has 0 fully saturated rings. The molecule has 1 unspecified atom stereocenters. The SMILES string of the molecule is CCN(C(=O)Cc1ccc(C(N)=S)cc1)C(C)COC. The van der Waals surface area contributed by atoms with Gasteiger partial charge in [0.25, 0.3) is 0 Å². The van der Waals surface area contributed by atoms with Crippen LogP contribution in [0.3, 0.4) is 0 Å². The maximum atomic E-state index is 12.3. The molecule has 5 heteroatoms. The average Bonchev–Trinajstić information content (AvgIpc) is 2.40. The number of rotatable bonds is 7. The number of amides is 1. The molecule has 1 aromatic rings. The van der Waals surface area contributed by atoms with E-state index < -0.39 is 0 Å². The van der Waals surface area contributed by atoms with Crippen LogP contribution >= 0.6 is 12.2 Å². The number of benzene rings is 1. The summed E-state index contributed by atoms with van der Waals surface area (Å²) in [6, 6.07) is 7.55. The molecule has 1 rings (SSSR count). The van der Waals surface area contributed by atoms with Crippen molar-refractivity contribution in [1.82, 2.24) is 4.90 Å². The fourth-order valence-electron chi connectivity index (χ4n) is 2.13. The molecule has 0 saturated carbocycles. The van der Waals surface area contributed by atoms with E-state index in [4.69, 9.17) is 22.7 Å². The second kappa shape index (κ2) is 7.97. The van der Waals surface area contributed by atoms with E-state index in [1.165, 1.54) is 0 Å². The first-order valence-electron chi connectivity index (χ1n) is 6.66. The summed E-state index contributed by atoms with van der Waals surface area (Å²) in [5.41, 5.74) is 7.32. The molecule has 1 aromatic carbocycles. The van der Waals surface area contributed by atoms with Crippen molar-refractivity contribution >= 4 is 23.1 Å². The Balaban J connectivity index is 2.70. The Morgan fingerprint density at radius 3 is 2.45 bits per heavy atom. The monoisotopic (exact) mass is 294 g/mol. The number of thiocarbonyl (C=S) groups is 1. The largest absolute Gasteiger partial charge is 0.389 e. The number of carbonyl (C=O) groups is 1. The van der Waals surface area contributed by atoms with Crippen molar-refractivity contribution in [3.63, 3.8) is 0 Å². The topological polar surface area (TPSA) is 55.6 Å². The predicted molar refractivity (Wildman–Crippen MR) is 84.8 cm³/mol. The average molecular weight is 294 g/mol. The van der Waals surface area contributed by atoms with Crippen LogP contribution in [-0.2, 0) is 16.0 Å². The van der Waals surface area contributed by atoms with Gasteiger partial charge in [-0.25, -0.2) is 0 Å². The molecular formula is C15H22N2O2S. The summed E-state index contributed by atoms with van der Waals surface area (Å²) in [6.07, 6.45) is 0.375. The van der Waals surface area contributed by atoms with E-state index in [-0.39, 0.29) is 11.9 Å². The summed E-state index contributed by atoms with van der Waals surface area (Å²) in [5.74, 6) is 0.0973. The van der Waals surface area contributed by atoms with Crippen LogP contribution in [0.4, 0.5) is 0 Å². The summed E-state index contributed by atoms with van der Waals surface area (Å²) in [4.78, 5) is 14.5. The highest BCUT2D eigenvalue weighted by Crippen LogP contribution is 2.09. The van der Waals surface area contributed by atoms with E-state index in [9.17, 15) is 4.79 Å². The summed E-state index contributed by atoms with van der Waals surface area (Å²) in [6.45, 7) is 5.18. The normalized spacial score (nSPS) is 11.9.